The zero-order valence-corrected chi connectivity index (χ0v) is 19.8. The van der Waals surface area contributed by atoms with Gasteiger partial charge in [0.25, 0.3) is 5.91 Å². The number of amides is 3. The van der Waals surface area contributed by atoms with Crippen LogP contribution in [0.2, 0.25) is 0 Å². The number of benzene rings is 1. The van der Waals surface area contributed by atoms with Gasteiger partial charge in [0, 0.05) is 24.4 Å². The number of fused-ring (bicyclic) bond motifs is 3. The van der Waals surface area contributed by atoms with E-state index in [0.717, 1.165) is 25.7 Å². The van der Waals surface area contributed by atoms with Crippen LogP contribution in [0.25, 0.3) is 10.9 Å². The average Bonchev–Trinajstić information content (AvgIpc) is 3.06. The van der Waals surface area contributed by atoms with Crippen molar-refractivity contribution >= 4 is 34.3 Å². The molecule has 2 heterocycles. The third kappa shape index (κ3) is 4.00. The summed E-state index contributed by atoms with van der Waals surface area (Å²) >= 11 is 0. The molecule has 1 saturated carbocycles. The molecule has 8 heteroatoms. The number of nitrogens with zero attached hydrogens (tertiary/aromatic N) is 2. The minimum atomic E-state index is -1.12. The summed E-state index contributed by atoms with van der Waals surface area (Å²) in [7, 11) is 0. The third-order valence-electron chi connectivity index (χ3n) is 7.21. The van der Waals surface area contributed by atoms with Crippen molar-refractivity contribution in [3.05, 3.63) is 29.7 Å². The summed E-state index contributed by atoms with van der Waals surface area (Å²) in [6, 6.07) is 4.17. The highest BCUT2D eigenvalue weighted by atomic mass is 19.1. The molecule has 1 fully saturated rings. The lowest BCUT2D eigenvalue weighted by molar-refractivity contribution is -0.135. The molecule has 0 unspecified atom stereocenters. The molecular formula is C25H33FN4O3. The molecule has 2 aliphatic rings. The molecule has 4 rings (SSSR count). The second-order valence-electron chi connectivity index (χ2n) is 9.67. The van der Waals surface area contributed by atoms with E-state index in [-0.39, 0.29) is 42.0 Å². The van der Waals surface area contributed by atoms with Crippen molar-refractivity contribution in [1.82, 2.24) is 14.8 Å². The average molecular weight is 457 g/mol. The number of rotatable bonds is 5. The molecular weight excluding hydrogens is 423 g/mol. The number of halogens is 1. The van der Waals surface area contributed by atoms with Crippen molar-refractivity contribution in [2.75, 3.05) is 5.32 Å². The van der Waals surface area contributed by atoms with Crippen LogP contribution in [0, 0.1) is 5.82 Å². The summed E-state index contributed by atoms with van der Waals surface area (Å²) < 4.78 is 15.9. The lowest BCUT2D eigenvalue weighted by Crippen LogP contribution is -2.67. The van der Waals surface area contributed by atoms with Crippen molar-refractivity contribution in [1.29, 1.82) is 0 Å². The summed E-state index contributed by atoms with van der Waals surface area (Å²) in [6.07, 6.45) is 5.93. The van der Waals surface area contributed by atoms with Crippen LogP contribution in [0.5, 0.6) is 0 Å². The van der Waals surface area contributed by atoms with Gasteiger partial charge in [0.05, 0.1) is 17.7 Å². The number of carbonyl (C=O) groups excluding carboxylic acids is 3. The minimum absolute atomic E-state index is 0.115. The first kappa shape index (κ1) is 23.3. The van der Waals surface area contributed by atoms with E-state index < -0.39 is 11.4 Å². The summed E-state index contributed by atoms with van der Waals surface area (Å²) in [5.41, 5.74) is 0.0770. The summed E-state index contributed by atoms with van der Waals surface area (Å²) in [4.78, 5) is 41.3. The van der Waals surface area contributed by atoms with Gasteiger partial charge in [0.2, 0.25) is 11.8 Å². The van der Waals surface area contributed by atoms with Crippen molar-refractivity contribution in [2.45, 2.75) is 90.4 Å². The standard InChI is InChI=1S/C25H33FN4O3/c1-5-15(2)30-23(32)22-21(27-16(3)31)19-13-17(26)11-12-20(19)29(22)14-25(30,4)24(33)28-18-9-7-6-8-10-18/h11-13,15,18H,5-10,14H2,1-4H3,(H,27,31)(H,28,33)/t15-,25-/m0/s1. The molecule has 2 aromatic rings. The van der Waals surface area contributed by atoms with Crippen LogP contribution in [0.15, 0.2) is 18.2 Å². The molecule has 7 nitrogen and oxygen atoms in total. The predicted molar refractivity (Wildman–Crippen MR) is 126 cm³/mol. The van der Waals surface area contributed by atoms with Gasteiger partial charge in [-0.1, -0.05) is 26.2 Å². The first-order valence-electron chi connectivity index (χ1n) is 11.9. The molecule has 33 heavy (non-hydrogen) atoms. The number of hydrogen-bond acceptors (Lipinski definition) is 3. The molecule has 178 valence electrons. The van der Waals surface area contributed by atoms with E-state index in [0.29, 0.717) is 23.0 Å². The highest BCUT2D eigenvalue weighted by molar-refractivity contribution is 6.14. The Morgan fingerprint density at radius 1 is 1.24 bits per heavy atom. The molecule has 1 aliphatic heterocycles. The van der Waals surface area contributed by atoms with Crippen molar-refractivity contribution in [2.24, 2.45) is 0 Å². The molecule has 1 aromatic heterocycles. The van der Waals surface area contributed by atoms with Gasteiger partial charge in [-0.2, -0.15) is 0 Å². The summed E-state index contributed by atoms with van der Waals surface area (Å²) in [5.74, 6) is -1.31. The van der Waals surface area contributed by atoms with Gasteiger partial charge < -0.3 is 20.1 Å². The molecule has 0 bridgehead atoms. The highest BCUT2D eigenvalue weighted by Gasteiger charge is 2.50. The van der Waals surface area contributed by atoms with E-state index >= 15 is 0 Å². The molecule has 2 atom stereocenters. The van der Waals surface area contributed by atoms with Crippen LogP contribution in [0.4, 0.5) is 10.1 Å². The second kappa shape index (κ2) is 8.80. The zero-order valence-electron chi connectivity index (χ0n) is 19.8. The van der Waals surface area contributed by atoms with E-state index in [1.54, 1.807) is 15.5 Å². The van der Waals surface area contributed by atoms with Crippen molar-refractivity contribution in [3.8, 4) is 0 Å². The van der Waals surface area contributed by atoms with Gasteiger partial charge in [-0.15, -0.1) is 0 Å². The Morgan fingerprint density at radius 3 is 2.58 bits per heavy atom. The fourth-order valence-corrected chi connectivity index (χ4v) is 5.38. The van der Waals surface area contributed by atoms with E-state index in [2.05, 4.69) is 10.6 Å². The van der Waals surface area contributed by atoms with Crippen LogP contribution < -0.4 is 10.6 Å². The SMILES string of the molecule is CC[C@H](C)N1C(=O)c2c(NC(C)=O)c3cc(F)ccc3n2C[C@@]1(C)C(=O)NC1CCCCC1. The lowest BCUT2D eigenvalue weighted by Gasteiger charge is -2.47. The van der Waals surface area contributed by atoms with Gasteiger partial charge in [-0.3, -0.25) is 14.4 Å². The Hall–Kier alpha value is -2.90. The molecule has 1 aromatic carbocycles. The van der Waals surface area contributed by atoms with E-state index in [1.165, 1.54) is 25.5 Å². The van der Waals surface area contributed by atoms with Crippen molar-refractivity contribution < 1.29 is 18.8 Å². The van der Waals surface area contributed by atoms with E-state index in [4.69, 9.17) is 0 Å². The molecule has 0 saturated heterocycles. The maximum Gasteiger partial charge on any atom is 0.273 e. The monoisotopic (exact) mass is 456 g/mol. The van der Waals surface area contributed by atoms with Gasteiger partial charge in [-0.05, 0) is 51.3 Å². The molecule has 0 radical (unpaired) electrons. The molecule has 0 spiro atoms. The van der Waals surface area contributed by atoms with Crippen LogP contribution in [0.3, 0.4) is 0 Å². The second-order valence-corrected chi connectivity index (χ2v) is 9.67. The first-order chi connectivity index (χ1) is 15.7. The van der Waals surface area contributed by atoms with Crippen LogP contribution >= 0.6 is 0 Å². The fraction of sp³-hybridized carbons (Fsp3) is 0.560. The van der Waals surface area contributed by atoms with Gasteiger partial charge in [-0.25, -0.2) is 4.39 Å². The maximum atomic E-state index is 14.1. The van der Waals surface area contributed by atoms with Gasteiger partial charge >= 0.3 is 0 Å². The number of hydrogen-bond donors (Lipinski definition) is 2. The number of anilines is 1. The van der Waals surface area contributed by atoms with Gasteiger partial charge in [0.15, 0.2) is 0 Å². The predicted octanol–water partition coefficient (Wildman–Crippen LogP) is 4.20. The normalized spacial score (nSPS) is 22.2. The lowest BCUT2D eigenvalue weighted by atomic mass is 9.90. The Kier molecular flexibility index (Phi) is 6.20. The third-order valence-corrected chi connectivity index (χ3v) is 7.21. The summed E-state index contributed by atoms with van der Waals surface area (Å²) in [5, 5.41) is 6.40. The largest absolute Gasteiger partial charge is 0.351 e. The van der Waals surface area contributed by atoms with E-state index in [9.17, 15) is 18.8 Å². The van der Waals surface area contributed by atoms with E-state index in [1.807, 2.05) is 20.8 Å². The number of aromatic nitrogens is 1. The Bertz CT molecular complexity index is 1100. The van der Waals surface area contributed by atoms with Crippen LogP contribution in [0.1, 0.15) is 76.7 Å². The minimum Gasteiger partial charge on any atom is -0.351 e. The maximum absolute atomic E-state index is 14.1. The highest BCUT2D eigenvalue weighted by Crippen LogP contribution is 2.40. The molecule has 2 N–H and O–H groups in total. The number of nitrogens with one attached hydrogen (secondary N) is 2. The number of carbonyl (C=O) groups is 3. The first-order valence-corrected chi connectivity index (χ1v) is 11.9. The smallest absolute Gasteiger partial charge is 0.273 e. The molecule has 3 amide bonds. The van der Waals surface area contributed by atoms with Crippen molar-refractivity contribution in [3.63, 3.8) is 0 Å². The Labute approximate surface area is 193 Å². The fourth-order valence-electron chi connectivity index (χ4n) is 5.38. The van der Waals surface area contributed by atoms with Crippen LogP contribution in [-0.4, -0.2) is 44.8 Å². The zero-order chi connectivity index (χ0) is 23.9. The Morgan fingerprint density at radius 2 is 1.94 bits per heavy atom. The molecule has 1 aliphatic carbocycles. The Balaban J connectivity index is 1.85. The van der Waals surface area contributed by atoms with Crippen LogP contribution in [-0.2, 0) is 16.1 Å². The quantitative estimate of drug-likeness (QED) is 0.707. The summed E-state index contributed by atoms with van der Waals surface area (Å²) in [6.45, 7) is 7.30. The topological polar surface area (TPSA) is 83.4 Å². The van der Waals surface area contributed by atoms with Gasteiger partial charge in [0.1, 0.15) is 17.1 Å².